The second-order valence-corrected chi connectivity index (χ2v) is 7.76. The van der Waals surface area contributed by atoms with Gasteiger partial charge in [0, 0.05) is 30.6 Å². The van der Waals surface area contributed by atoms with Crippen LogP contribution < -0.4 is 9.64 Å². The van der Waals surface area contributed by atoms with Gasteiger partial charge in [0.15, 0.2) is 11.6 Å². The van der Waals surface area contributed by atoms with E-state index < -0.39 is 0 Å². The van der Waals surface area contributed by atoms with Crippen LogP contribution in [0.4, 0.5) is 10.2 Å². The van der Waals surface area contributed by atoms with Gasteiger partial charge in [-0.2, -0.15) is 5.10 Å². The van der Waals surface area contributed by atoms with Crippen molar-refractivity contribution in [2.45, 2.75) is 44.6 Å². The van der Waals surface area contributed by atoms with Crippen LogP contribution in [0.25, 0.3) is 22.3 Å². The molecule has 140 valence electrons. The van der Waals surface area contributed by atoms with Crippen molar-refractivity contribution in [1.29, 1.82) is 0 Å². The minimum atomic E-state index is -0.384. The van der Waals surface area contributed by atoms with Crippen molar-refractivity contribution < 1.29 is 9.13 Å². The topological polar surface area (TPSA) is 66.9 Å². The number of nitrogens with zero attached hydrogens (tertiary/aromatic N) is 4. The molecule has 0 spiro atoms. The van der Waals surface area contributed by atoms with Crippen LogP contribution in [0.5, 0.6) is 5.75 Å². The molecular formula is C20H22FN5O. The molecule has 0 radical (unpaired) electrons. The first-order chi connectivity index (χ1) is 13.1. The quantitative estimate of drug-likeness (QED) is 0.753. The SMILES string of the molecule is CC1(Oc2cc3c(-c4cc(N5CCCCC5)ncn4)[nH]nc3cc2F)CC1. The first-order valence-corrected chi connectivity index (χ1v) is 9.55. The summed E-state index contributed by atoms with van der Waals surface area (Å²) in [7, 11) is 0. The van der Waals surface area contributed by atoms with E-state index in [9.17, 15) is 4.39 Å². The van der Waals surface area contributed by atoms with E-state index in [1.165, 1.54) is 25.3 Å². The zero-order chi connectivity index (χ0) is 18.4. The van der Waals surface area contributed by atoms with Crippen molar-refractivity contribution in [2.75, 3.05) is 18.0 Å². The molecule has 5 rings (SSSR count). The highest BCUT2D eigenvalue weighted by atomic mass is 19.1. The van der Waals surface area contributed by atoms with Crippen molar-refractivity contribution in [1.82, 2.24) is 20.2 Å². The number of aromatic amines is 1. The van der Waals surface area contributed by atoms with Gasteiger partial charge in [-0.05, 0) is 45.1 Å². The summed E-state index contributed by atoms with van der Waals surface area (Å²) in [4.78, 5) is 11.1. The number of hydrogen-bond donors (Lipinski definition) is 1. The fourth-order valence-corrected chi connectivity index (χ4v) is 3.61. The summed E-state index contributed by atoms with van der Waals surface area (Å²) < 4.78 is 20.3. The molecule has 1 saturated carbocycles. The van der Waals surface area contributed by atoms with Gasteiger partial charge < -0.3 is 9.64 Å². The molecule has 6 nitrogen and oxygen atoms in total. The third kappa shape index (κ3) is 3.11. The van der Waals surface area contributed by atoms with E-state index in [0.717, 1.165) is 48.5 Å². The third-order valence-corrected chi connectivity index (χ3v) is 5.51. The maximum atomic E-state index is 14.4. The number of fused-ring (bicyclic) bond motifs is 1. The molecule has 0 atom stereocenters. The number of aromatic nitrogens is 4. The van der Waals surface area contributed by atoms with Gasteiger partial charge in [-0.3, -0.25) is 5.10 Å². The van der Waals surface area contributed by atoms with E-state index in [0.29, 0.717) is 5.52 Å². The summed E-state index contributed by atoms with van der Waals surface area (Å²) in [5, 5.41) is 8.07. The molecule has 1 saturated heterocycles. The maximum Gasteiger partial charge on any atom is 0.167 e. The average molecular weight is 367 g/mol. The summed E-state index contributed by atoms with van der Waals surface area (Å²) in [6.45, 7) is 4.03. The lowest BCUT2D eigenvalue weighted by atomic mass is 10.1. The Balaban J connectivity index is 1.53. The van der Waals surface area contributed by atoms with E-state index in [-0.39, 0.29) is 17.2 Å². The highest BCUT2D eigenvalue weighted by molar-refractivity contribution is 5.93. The summed E-state index contributed by atoms with van der Waals surface area (Å²) in [5.74, 6) is 0.812. The Kier molecular flexibility index (Phi) is 3.77. The lowest BCUT2D eigenvalue weighted by Crippen LogP contribution is -2.30. The van der Waals surface area contributed by atoms with Gasteiger partial charge in [-0.1, -0.05) is 0 Å². The van der Waals surface area contributed by atoms with Gasteiger partial charge in [0.25, 0.3) is 0 Å². The van der Waals surface area contributed by atoms with Crippen molar-refractivity contribution in [3.8, 4) is 17.1 Å². The number of anilines is 1. The number of rotatable bonds is 4. The number of ether oxygens (including phenoxy) is 1. The fraction of sp³-hybridized carbons (Fsp3) is 0.450. The van der Waals surface area contributed by atoms with Crippen molar-refractivity contribution in [3.05, 3.63) is 30.3 Å². The highest BCUT2D eigenvalue weighted by Crippen LogP contribution is 2.41. The third-order valence-electron chi connectivity index (χ3n) is 5.51. The zero-order valence-corrected chi connectivity index (χ0v) is 15.3. The van der Waals surface area contributed by atoms with Crippen LogP contribution in [0, 0.1) is 5.82 Å². The van der Waals surface area contributed by atoms with Crippen LogP contribution in [0.15, 0.2) is 24.5 Å². The van der Waals surface area contributed by atoms with Crippen LogP contribution in [-0.4, -0.2) is 38.9 Å². The molecule has 0 unspecified atom stereocenters. The second kappa shape index (κ2) is 6.18. The molecule has 1 aliphatic carbocycles. The Morgan fingerprint density at radius 2 is 1.93 bits per heavy atom. The molecule has 7 heteroatoms. The van der Waals surface area contributed by atoms with Crippen LogP contribution in [0.3, 0.4) is 0 Å². The summed E-state index contributed by atoms with van der Waals surface area (Å²) in [6, 6.07) is 5.13. The van der Waals surface area contributed by atoms with Crippen LogP contribution in [0.2, 0.25) is 0 Å². The molecule has 3 aromatic rings. The summed E-state index contributed by atoms with van der Waals surface area (Å²) in [5.41, 5.74) is 1.84. The molecule has 1 aliphatic heterocycles. The monoisotopic (exact) mass is 367 g/mol. The van der Waals surface area contributed by atoms with Gasteiger partial charge in [-0.15, -0.1) is 0 Å². The Bertz CT molecular complexity index is 991. The molecule has 2 aliphatic rings. The Labute approximate surface area is 156 Å². The van der Waals surface area contributed by atoms with Crippen LogP contribution >= 0.6 is 0 Å². The highest BCUT2D eigenvalue weighted by Gasteiger charge is 2.40. The molecule has 0 amide bonds. The van der Waals surface area contributed by atoms with E-state index >= 15 is 0 Å². The Morgan fingerprint density at radius 1 is 1.11 bits per heavy atom. The van der Waals surface area contributed by atoms with Gasteiger partial charge in [0.2, 0.25) is 0 Å². The molecule has 2 aromatic heterocycles. The lowest BCUT2D eigenvalue weighted by molar-refractivity contribution is 0.191. The van der Waals surface area contributed by atoms with E-state index in [1.54, 1.807) is 12.4 Å². The van der Waals surface area contributed by atoms with Crippen molar-refractivity contribution in [3.63, 3.8) is 0 Å². The largest absolute Gasteiger partial charge is 0.484 e. The summed E-state index contributed by atoms with van der Waals surface area (Å²) in [6.07, 6.45) is 7.13. The second-order valence-electron chi connectivity index (χ2n) is 7.76. The van der Waals surface area contributed by atoms with E-state index in [4.69, 9.17) is 4.74 Å². The molecule has 1 aromatic carbocycles. The molecule has 0 bridgehead atoms. The minimum Gasteiger partial charge on any atom is -0.484 e. The minimum absolute atomic E-state index is 0.241. The van der Waals surface area contributed by atoms with Gasteiger partial charge in [-0.25, -0.2) is 14.4 Å². The molecule has 27 heavy (non-hydrogen) atoms. The number of nitrogens with one attached hydrogen (secondary N) is 1. The zero-order valence-electron chi connectivity index (χ0n) is 15.3. The smallest absolute Gasteiger partial charge is 0.167 e. The van der Waals surface area contributed by atoms with Gasteiger partial charge >= 0.3 is 0 Å². The number of piperidine rings is 1. The predicted octanol–water partition coefficient (Wildman–Crippen LogP) is 4.08. The van der Waals surface area contributed by atoms with Gasteiger partial charge in [0.1, 0.15) is 17.7 Å². The first-order valence-electron chi connectivity index (χ1n) is 9.55. The van der Waals surface area contributed by atoms with E-state index in [1.807, 2.05) is 13.0 Å². The Morgan fingerprint density at radius 3 is 2.70 bits per heavy atom. The maximum absolute atomic E-state index is 14.4. The molecular weight excluding hydrogens is 345 g/mol. The molecule has 1 N–H and O–H groups in total. The van der Waals surface area contributed by atoms with Crippen LogP contribution in [-0.2, 0) is 0 Å². The Hall–Kier alpha value is -2.70. The normalized spacial score (nSPS) is 18.7. The first kappa shape index (κ1) is 16.5. The number of hydrogen-bond acceptors (Lipinski definition) is 5. The molecule has 2 fully saturated rings. The number of benzene rings is 1. The predicted molar refractivity (Wildman–Crippen MR) is 101 cm³/mol. The number of H-pyrrole nitrogens is 1. The van der Waals surface area contributed by atoms with Crippen LogP contribution in [0.1, 0.15) is 39.0 Å². The molecule has 3 heterocycles. The van der Waals surface area contributed by atoms with E-state index in [2.05, 4.69) is 25.1 Å². The standard InChI is InChI=1S/C20H22FN5O/c1-20(5-6-20)27-17-9-13-15(10-14(17)21)24-25-19(13)16-11-18(23-12-22-16)26-7-3-2-4-8-26/h9-12H,2-8H2,1H3,(H,24,25). The summed E-state index contributed by atoms with van der Waals surface area (Å²) >= 11 is 0. The lowest BCUT2D eigenvalue weighted by Gasteiger charge is -2.27. The number of halogens is 1. The average Bonchev–Trinajstić information content (AvgIpc) is 3.28. The van der Waals surface area contributed by atoms with Crippen molar-refractivity contribution >= 4 is 16.7 Å². The van der Waals surface area contributed by atoms with Crippen molar-refractivity contribution in [2.24, 2.45) is 0 Å². The van der Waals surface area contributed by atoms with Gasteiger partial charge in [0.05, 0.1) is 16.9 Å². The fourth-order valence-electron chi connectivity index (χ4n) is 3.61.